The maximum atomic E-state index is 14.8. The SMILES string of the molecule is COc1ccc(Cn2nc(C(F)(F)F)c3c2[C@@H](F)[C@@H](O)C32OCCO2)cc1. The Morgan fingerprint density at radius 2 is 1.89 bits per heavy atom. The number of benzene rings is 1. The van der Waals surface area contributed by atoms with Crippen LogP contribution in [0.15, 0.2) is 24.3 Å². The largest absolute Gasteiger partial charge is 0.497 e. The number of rotatable bonds is 3. The summed E-state index contributed by atoms with van der Waals surface area (Å²) >= 11 is 0. The van der Waals surface area contributed by atoms with Gasteiger partial charge in [0.25, 0.3) is 0 Å². The Kier molecular flexibility index (Phi) is 4.17. The molecule has 1 saturated heterocycles. The van der Waals surface area contributed by atoms with Crippen LogP contribution in [-0.2, 0) is 28.0 Å². The van der Waals surface area contributed by atoms with Crippen LogP contribution in [0.1, 0.15) is 28.7 Å². The predicted molar refractivity (Wildman–Crippen MR) is 82.8 cm³/mol. The summed E-state index contributed by atoms with van der Waals surface area (Å²) in [6, 6.07) is 6.54. The van der Waals surface area contributed by atoms with E-state index in [1.807, 2.05) is 0 Å². The molecule has 1 aromatic carbocycles. The summed E-state index contributed by atoms with van der Waals surface area (Å²) in [4.78, 5) is 0. The van der Waals surface area contributed by atoms with Gasteiger partial charge in [-0.25, -0.2) is 4.39 Å². The van der Waals surface area contributed by atoms with Crippen molar-refractivity contribution in [3.8, 4) is 5.75 Å². The molecule has 1 spiro atoms. The average Bonchev–Trinajstić information content (AvgIpc) is 3.30. The van der Waals surface area contributed by atoms with Crippen molar-refractivity contribution in [1.29, 1.82) is 0 Å². The fourth-order valence-corrected chi connectivity index (χ4v) is 3.55. The number of ether oxygens (including phenoxy) is 3. The Hall–Kier alpha value is -2.17. The molecule has 2 heterocycles. The molecule has 0 saturated carbocycles. The maximum absolute atomic E-state index is 14.8. The van der Waals surface area contributed by atoms with Crippen LogP contribution in [-0.4, -0.2) is 41.3 Å². The average molecular weight is 388 g/mol. The molecular formula is C17H16F4N2O4. The van der Waals surface area contributed by atoms with Gasteiger partial charge in [-0.15, -0.1) is 0 Å². The van der Waals surface area contributed by atoms with Gasteiger partial charge >= 0.3 is 6.18 Å². The Bertz CT molecular complexity index is 844. The minimum absolute atomic E-state index is 0.0514. The second-order valence-corrected chi connectivity index (χ2v) is 6.32. The van der Waals surface area contributed by atoms with E-state index in [1.165, 1.54) is 7.11 Å². The fourth-order valence-electron chi connectivity index (χ4n) is 3.55. The van der Waals surface area contributed by atoms with Gasteiger partial charge in [0.2, 0.25) is 5.79 Å². The zero-order valence-corrected chi connectivity index (χ0v) is 14.2. The van der Waals surface area contributed by atoms with Gasteiger partial charge in [-0.05, 0) is 17.7 Å². The number of hydrogen-bond donors (Lipinski definition) is 1. The molecule has 1 N–H and O–H groups in total. The molecule has 0 amide bonds. The van der Waals surface area contributed by atoms with E-state index in [0.29, 0.717) is 11.3 Å². The van der Waals surface area contributed by atoms with E-state index in [4.69, 9.17) is 14.2 Å². The van der Waals surface area contributed by atoms with E-state index in [0.717, 1.165) is 4.68 Å². The third-order valence-electron chi connectivity index (χ3n) is 4.74. The topological polar surface area (TPSA) is 65.7 Å². The lowest BCUT2D eigenvalue weighted by Gasteiger charge is -2.27. The summed E-state index contributed by atoms with van der Waals surface area (Å²) in [6.07, 6.45) is -8.89. The highest BCUT2D eigenvalue weighted by atomic mass is 19.4. The van der Waals surface area contributed by atoms with Crippen LogP contribution in [0, 0.1) is 0 Å². The lowest BCUT2D eigenvalue weighted by molar-refractivity contribution is -0.237. The van der Waals surface area contributed by atoms with Gasteiger partial charge in [0.15, 0.2) is 11.9 Å². The standard InChI is InChI=1S/C17H16F4N2O4/c1-25-10-4-2-9(3-5-10)8-23-13-11(14(22-23)17(19,20)21)16(15(24)12(13)18)26-6-7-27-16/h2-5,12,15,24H,6-8H2,1H3/t12-,15-/m1/s1. The van der Waals surface area contributed by atoms with Crippen molar-refractivity contribution in [1.82, 2.24) is 9.78 Å². The number of hydrogen-bond acceptors (Lipinski definition) is 5. The van der Waals surface area contributed by atoms with Gasteiger partial charge in [0.1, 0.15) is 11.9 Å². The lowest BCUT2D eigenvalue weighted by Crippen LogP contribution is -2.39. The highest BCUT2D eigenvalue weighted by Gasteiger charge is 2.63. The van der Waals surface area contributed by atoms with Crippen molar-refractivity contribution < 1.29 is 36.9 Å². The third kappa shape index (κ3) is 2.70. The van der Waals surface area contributed by atoms with Crippen molar-refractivity contribution in [2.24, 2.45) is 0 Å². The molecule has 2 atom stereocenters. The highest BCUT2D eigenvalue weighted by molar-refractivity contribution is 5.42. The van der Waals surface area contributed by atoms with Gasteiger partial charge in [-0.1, -0.05) is 12.1 Å². The number of halogens is 4. The summed E-state index contributed by atoms with van der Waals surface area (Å²) in [5, 5.41) is 13.9. The highest BCUT2D eigenvalue weighted by Crippen LogP contribution is 2.54. The summed E-state index contributed by atoms with van der Waals surface area (Å²) in [5.41, 5.74) is -1.69. The van der Waals surface area contributed by atoms with E-state index >= 15 is 0 Å². The molecule has 2 aromatic rings. The molecule has 1 aliphatic carbocycles. The van der Waals surface area contributed by atoms with Crippen molar-refractivity contribution in [3.05, 3.63) is 46.8 Å². The molecule has 0 bridgehead atoms. The summed E-state index contributed by atoms with van der Waals surface area (Å²) in [7, 11) is 1.49. The minimum Gasteiger partial charge on any atom is -0.497 e. The molecular weight excluding hydrogens is 372 g/mol. The maximum Gasteiger partial charge on any atom is 0.435 e. The molecule has 0 unspecified atom stereocenters. The first-order valence-corrected chi connectivity index (χ1v) is 8.19. The third-order valence-corrected chi connectivity index (χ3v) is 4.74. The quantitative estimate of drug-likeness (QED) is 0.819. The number of nitrogens with zero attached hydrogens (tertiary/aromatic N) is 2. The Morgan fingerprint density at radius 1 is 1.26 bits per heavy atom. The molecule has 0 radical (unpaired) electrons. The van der Waals surface area contributed by atoms with E-state index < -0.39 is 35.5 Å². The van der Waals surface area contributed by atoms with Crippen LogP contribution in [0.2, 0.25) is 0 Å². The molecule has 1 aromatic heterocycles. The number of aliphatic hydroxyl groups excluding tert-OH is 1. The Labute approximate surface area is 151 Å². The monoisotopic (exact) mass is 388 g/mol. The summed E-state index contributed by atoms with van der Waals surface area (Å²) in [5.74, 6) is -1.61. The molecule has 1 fully saturated rings. The first-order chi connectivity index (χ1) is 12.8. The number of alkyl halides is 4. The van der Waals surface area contributed by atoms with Gasteiger partial charge in [-0.3, -0.25) is 4.68 Å². The second kappa shape index (κ2) is 6.18. The van der Waals surface area contributed by atoms with E-state index in [2.05, 4.69) is 5.10 Å². The van der Waals surface area contributed by atoms with Crippen molar-refractivity contribution >= 4 is 0 Å². The van der Waals surface area contributed by atoms with Gasteiger partial charge in [-0.2, -0.15) is 18.3 Å². The zero-order valence-electron chi connectivity index (χ0n) is 14.2. The smallest absolute Gasteiger partial charge is 0.435 e. The van der Waals surface area contributed by atoms with Crippen LogP contribution >= 0.6 is 0 Å². The van der Waals surface area contributed by atoms with E-state index in [1.54, 1.807) is 24.3 Å². The Morgan fingerprint density at radius 3 is 2.44 bits per heavy atom. The van der Waals surface area contributed by atoms with E-state index in [-0.39, 0.29) is 25.5 Å². The number of aliphatic hydroxyl groups is 1. The Balaban J connectivity index is 1.82. The second-order valence-electron chi connectivity index (χ2n) is 6.32. The number of fused-ring (bicyclic) bond motifs is 2. The lowest BCUT2D eigenvalue weighted by atomic mass is 10.1. The molecule has 6 nitrogen and oxygen atoms in total. The fraction of sp³-hybridized carbons (Fsp3) is 0.471. The van der Waals surface area contributed by atoms with Crippen molar-refractivity contribution in [3.63, 3.8) is 0 Å². The molecule has 2 aliphatic rings. The van der Waals surface area contributed by atoms with Gasteiger partial charge in [0, 0.05) is 0 Å². The van der Waals surface area contributed by atoms with Gasteiger partial charge in [0.05, 0.1) is 38.1 Å². The summed E-state index contributed by atoms with van der Waals surface area (Å²) in [6.45, 7) is -0.222. The predicted octanol–water partition coefficient (Wildman–Crippen LogP) is 2.54. The molecule has 146 valence electrons. The normalized spacial score (nSPS) is 23.8. The van der Waals surface area contributed by atoms with Crippen molar-refractivity contribution in [2.45, 2.75) is 30.8 Å². The van der Waals surface area contributed by atoms with Crippen molar-refractivity contribution in [2.75, 3.05) is 20.3 Å². The van der Waals surface area contributed by atoms with Crippen LogP contribution < -0.4 is 4.74 Å². The molecule has 27 heavy (non-hydrogen) atoms. The summed E-state index contributed by atoms with van der Waals surface area (Å²) < 4.78 is 72.0. The van der Waals surface area contributed by atoms with Crippen LogP contribution in [0.4, 0.5) is 17.6 Å². The van der Waals surface area contributed by atoms with Crippen LogP contribution in [0.25, 0.3) is 0 Å². The number of methoxy groups -OCH3 is 1. The zero-order chi connectivity index (χ0) is 19.4. The number of aromatic nitrogens is 2. The molecule has 1 aliphatic heterocycles. The van der Waals surface area contributed by atoms with E-state index in [9.17, 15) is 22.7 Å². The molecule has 10 heteroatoms. The van der Waals surface area contributed by atoms with Gasteiger partial charge < -0.3 is 19.3 Å². The van der Waals surface area contributed by atoms with Crippen LogP contribution in [0.3, 0.4) is 0 Å². The first-order valence-electron chi connectivity index (χ1n) is 8.19. The first kappa shape index (κ1) is 18.2. The molecule has 4 rings (SSSR count). The minimum atomic E-state index is -4.86. The van der Waals surface area contributed by atoms with Crippen LogP contribution in [0.5, 0.6) is 5.75 Å².